The SMILES string of the molecule is CC(=O)O[C@@H]1[C@H]2OC[C@](O)(O2)[C@@H](OC(C)=O)[C@@H]1OC(C)=O. The molecule has 2 bridgehead atoms. The van der Waals surface area contributed by atoms with Gasteiger partial charge in [-0.25, -0.2) is 0 Å². The minimum atomic E-state index is -1.97. The lowest BCUT2D eigenvalue weighted by Gasteiger charge is -2.42. The monoisotopic (exact) mass is 304 g/mol. The van der Waals surface area contributed by atoms with E-state index in [1.165, 1.54) is 0 Å². The molecule has 2 fully saturated rings. The normalized spacial score (nSPS) is 37.7. The molecule has 9 nitrogen and oxygen atoms in total. The molecule has 0 aromatic rings. The van der Waals surface area contributed by atoms with Crippen LogP contribution in [0.25, 0.3) is 0 Å². The second-order valence-corrected chi connectivity index (χ2v) is 4.82. The summed E-state index contributed by atoms with van der Waals surface area (Å²) in [6, 6.07) is 0. The van der Waals surface area contributed by atoms with E-state index in [-0.39, 0.29) is 6.61 Å². The smallest absolute Gasteiger partial charge is 0.303 e. The number of rotatable bonds is 3. The Morgan fingerprint density at radius 2 is 1.52 bits per heavy atom. The van der Waals surface area contributed by atoms with Crippen LogP contribution in [0.1, 0.15) is 20.8 Å². The van der Waals surface area contributed by atoms with E-state index in [1.54, 1.807) is 0 Å². The van der Waals surface area contributed by atoms with Gasteiger partial charge in [0.25, 0.3) is 0 Å². The second kappa shape index (κ2) is 5.58. The first kappa shape index (κ1) is 15.7. The number of carbonyl (C=O) groups is 3. The first-order valence-corrected chi connectivity index (χ1v) is 6.26. The average Bonchev–Trinajstić information content (AvgIpc) is 2.69. The van der Waals surface area contributed by atoms with Crippen LogP contribution in [0.5, 0.6) is 0 Å². The van der Waals surface area contributed by atoms with Crippen LogP contribution in [0, 0.1) is 0 Å². The molecule has 0 saturated carbocycles. The lowest BCUT2D eigenvalue weighted by atomic mass is 9.97. The van der Waals surface area contributed by atoms with Crippen LogP contribution in [0.15, 0.2) is 0 Å². The van der Waals surface area contributed by atoms with Gasteiger partial charge in [0.2, 0.25) is 12.1 Å². The van der Waals surface area contributed by atoms with Crippen molar-refractivity contribution in [1.82, 2.24) is 0 Å². The van der Waals surface area contributed by atoms with Crippen LogP contribution in [-0.4, -0.2) is 60.0 Å². The Morgan fingerprint density at radius 3 is 2.05 bits per heavy atom. The molecule has 0 aromatic heterocycles. The molecule has 5 atom stereocenters. The zero-order valence-electron chi connectivity index (χ0n) is 11.7. The van der Waals surface area contributed by atoms with Crippen molar-refractivity contribution in [3.8, 4) is 0 Å². The molecular formula is C12H16O9. The van der Waals surface area contributed by atoms with E-state index in [0.717, 1.165) is 20.8 Å². The topological polar surface area (TPSA) is 118 Å². The average molecular weight is 304 g/mol. The standard InChI is InChI=1S/C12H16O9/c1-5(13)18-8-9(19-6(2)14)11-17-4-12(16,21-11)10(8)20-7(3)15/h8-11,16H,4H2,1-3H3/t8-,9+,10+,11+,12+/m1/s1. The minimum Gasteiger partial charge on any atom is -0.454 e. The summed E-state index contributed by atoms with van der Waals surface area (Å²) in [6.45, 7) is 3.10. The number of esters is 3. The molecule has 21 heavy (non-hydrogen) atoms. The largest absolute Gasteiger partial charge is 0.454 e. The van der Waals surface area contributed by atoms with Crippen LogP contribution < -0.4 is 0 Å². The van der Waals surface area contributed by atoms with Gasteiger partial charge in [-0.05, 0) is 0 Å². The van der Waals surface area contributed by atoms with E-state index in [1.807, 2.05) is 0 Å². The van der Waals surface area contributed by atoms with Gasteiger partial charge in [0, 0.05) is 20.8 Å². The van der Waals surface area contributed by atoms with Crippen LogP contribution in [0.4, 0.5) is 0 Å². The van der Waals surface area contributed by atoms with Crippen molar-refractivity contribution in [3.05, 3.63) is 0 Å². The molecule has 2 heterocycles. The number of hydrogen-bond acceptors (Lipinski definition) is 9. The van der Waals surface area contributed by atoms with E-state index in [2.05, 4.69) is 0 Å². The van der Waals surface area contributed by atoms with Crippen molar-refractivity contribution in [3.63, 3.8) is 0 Å². The van der Waals surface area contributed by atoms with Crippen molar-refractivity contribution in [2.45, 2.75) is 51.2 Å². The third kappa shape index (κ3) is 3.14. The summed E-state index contributed by atoms with van der Waals surface area (Å²) in [5.74, 6) is -4.05. The maximum Gasteiger partial charge on any atom is 0.303 e. The Labute approximate surface area is 120 Å². The van der Waals surface area contributed by atoms with Crippen molar-refractivity contribution < 1.29 is 43.2 Å². The summed E-state index contributed by atoms with van der Waals surface area (Å²) < 4.78 is 25.5. The predicted molar refractivity (Wildman–Crippen MR) is 62.4 cm³/mol. The molecule has 2 aliphatic rings. The summed E-state index contributed by atoms with van der Waals surface area (Å²) in [4.78, 5) is 33.6. The molecule has 9 heteroatoms. The summed E-state index contributed by atoms with van der Waals surface area (Å²) in [5.41, 5.74) is 0. The highest BCUT2D eigenvalue weighted by Crippen LogP contribution is 2.39. The van der Waals surface area contributed by atoms with Crippen molar-refractivity contribution >= 4 is 17.9 Å². The van der Waals surface area contributed by atoms with Crippen LogP contribution in [0.2, 0.25) is 0 Å². The Morgan fingerprint density at radius 1 is 1.00 bits per heavy atom. The van der Waals surface area contributed by atoms with Crippen LogP contribution in [-0.2, 0) is 38.1 Å². The lowest BCUT2D eigenvalue weighted by molar-refractivity contribution is -0.325. The zero-order valence-corrected chi connectivity index (χ0v) is 11.7. The molecule has 0 spiro atoms. The van der Waals surface area contributed by atoms with E-state index >= 15 is 0 Å². The zero-order chi connectivity index (χ0) is 15.8. The van der Waals surface area contributed by atoms with Gasteiger partial charge in [-0.2, -0.15) is 0 Å². The number of carbonyl (C=O) groups excluding carboxylic acids is 3. The second-order valence-electron chi connectivity index (χ2n) is 4.82. The first-order chi connectivity index (χ1) is 9.73. The fourth-order valence-electron chi connectivity index (χ4n) is 2.34. The van der Waals surface area contributed by atoms with Gasteiger partial charge in [-0.1, -0.05) is 0 Å². The Balaban J connectivity index is 2.33. The lowest BCUT2D eigenvalue weighted by Crippen LogP contribution is -2.64. The summed E-state index contributed by atoms with van der Waals surface area (Å²) in [7, 11) is 0. The summed E-state index contributed by atoms with van der Waals surface area (Å²) in [5, 5.41) is 10.3. The maximum atomic E-state index is 11.2. The number of aliphatic hydroxyl groups is 1. The Bertz CT molecular complexity index is 462. The Kier molecular flexibility index (Phi) is 4.17. The van der Waals surface area contributed by atoms with Crippen molar-refractivity contribution in [2.24, 2.45) is 0 Å². The molecule has 0 aliphatic carbocycles. The van der Waals surface area contributed by atoms with E-state index in [4.69, 9.17) is 23.7 Å². The molecule has 2 saturated heterocycles. The number of ether oxygens (including phenoxy) is 5. The van der Waals surface area contributed by atoms with E-state index < -0.39 is 48.3 Å². The molecule has 2 aliphatic heterocycles. The summed E-state index contributed by atoms with van der Waals surface area (Å²) in [6.07, 6.45) is -4.88. The number of fused-ring (bicyclic) bond motifs is 2. The molecule has 0 amide bonds. The third-order valence-corrected chi connectivity index (χ3v) is 3.01. The van der Waals surface area contributed by atoms with Gasteiger partial charge in [0.1, 0.15) is 6.61 Å². The quantitative estimate of drug-likeness (QED) is 0.509. The third-order valence-electron chi connectivity index (χ3n) is 3.01. The molecule has 118 valence electrons. The fraction of sp³-hybridized carbons (Fsp3) is 0.750. The van der Waals surface area contributed by atoms with E-state index in [9.17, 15) is 19.5 Å². The first-order valence-electron chi connectivity index (χ1n) is 6.26. The molecule has 0 radical (unpaired) electrons. The molecule has 2 rings (SSSR count). The minimum absolute atomic E-state index is 0.314. The van der Waals surface area contributed by atoms with E-state index in [0.29, 0.717) is 0 Å². The highest BCUT2D eigenvalue weighted by atomic mass is 16.8. The molecule has 0 unspecified atom stereocenters. The fourth-order valence-corrected chi connectivity index (χ4v) is 2.34. The van der Waals surface area contributed by atoms with Gasteiger partial charge in [0.15, 0.2) is 18.3 Å². The molecule has 1 N–H and O–H groups in total. The highest BCUT2D eigenvalue weighted by Gasteiger charge is 2.64. The molecular weight excluding hydrogens is 288 g/mol. The van der Waals surface area contributed by atoms with Gasteiger partial charge in [0.05, 0.1) is 0 Å². The number of hydrogen-bond donors (Lipinski definition) is 1. The van der Waals surface area contributed by atoms with Crippen LogP contribution in [0.3, 0.4) is 0 Å². The maximum absolute atomic E-state index is 11.2. The van der Waals surface area contributed by atoms with Crippen molar-refractivity contribution in [2.75, 3.05) is 6.61 Å². The van der Waals surface area contributed by atoms with Gasteiger partial charge < -0.3 is 28.8 Å². The van der Waals surface area contributed by atoms with Gasteiger partial charge >= 0.3 is 17.9 Å². The van der Waals surface area contributed by atoms with Gasteiger partial charge in [-0.15, -0.1) is 0 Å². The predicted octanol–water partition coefficient (Wildman–Crippen LogP) is -1.14. The molecule has 0 aromatic carbocycles. The highest BCUT2D eigenvalue weighted by molar-refractivity contribution is 5.68. The van der Waals surface area contributed by atoms with Crippen molar-refractivity contribution in [1.29, 1.82) is 0 Å². The Hall–Kier alpha value is -1.71. The van der Waals surface area contributed by atoms with Crippen LogP contribution >= 0.6 is 0 Å². The summed E-state index contributed by atoms with van der Waals surface area (Å²) >= 11 is 0. The van der Waals surface area contributed by atoms with Gasteiger partial charge in [-0.3, -0.25) is 14.4 Å².